The van der Waals surface area contributed by atoms with Gasteiger partial charge in [-0.25, -0.2) is 10.5 Å². The molecule has 6 nitrogen and oxygen atoms in total. The first-order valence-corrected chi connectivity index (χ1v) is 7.81. The van der Waals surface area contributed by atoms with Crippen molar-refractivity contribution in [3.63, 3.8) is 0 Å². The van der Waals surface area contributed by atoms with Crippen LogP contribution in [0.3, 0.4) is 0 Å². The number of hydrogen-bond acceptors (Lipinski definition) is 6. The first-order chi connectivity index (χ1) is 11.6. The van der Waals surface area contributed by atoms with Gasteiger partial charge in [0.15, 0.2) is 5.58 Å². The fourth-order valence-electron chi connectivity index (χ4n) is 2.38. The molecule has 0 saturated carbocycles. The molecule has 0 unspecified atom stereocenters. The number of hydrogen-bond donors (Lipinski definition) is 2. The van der Waals surface area contributed by atoms with Crippen LogP contribution in [0, 0.1) is 11.4 Å². The molecule has 124 valence electrons. The van der Waals surface area contributed by atoms with Gasteiger partial charge in [-0.2, -0.15) is 5.11 Å². The topological polar surface area (TPSA) is 83.5 Å². The molecule has 0 aliphatic carbocycles. The maximum absolute atomic E-state index is 7.41. The van der Waals surface area contributed by atoms with Crippen LogP contribution in [0.4, 0.5) is 11.4 Å². The molecule has 0 atom stereocenters. The Morgan fingerprint density at radius 3 is 2.79 bits per heavy atom. The number of fused-ring (bicyclic) bond motifs is 1. The van der Waals surface area contributed by atoms with Gasteiger partial charge in [-0.1, -0.05) is 13.8 Å². The van der Waals surface area contributed by atoms with Gasteiger partial charge in [-0.3, -0.25) is 0 Å². The Labute approximate surface area is 140 Å². The molecule has 0 spiro atoms. The molecule has 1 aromatic heterocycles. The van der Waals surface area contributed by atoms with Crippen molar-refractivity contribution >= 4 is 22.5 Å². The Bertz CT molecular complexity index is 871. The minimum absolute atomic E-state index is 0.499. The highest BCUT2D eigenvalue weighted by Gasteiger charge is 2.12. The summed E-state index contributed by atoms with van der Waals surface area (Å²) in [4.78, 5) is 4.49. The van der Waals surface area contributed by atoms with Crippen LogP contribution in [0.25, 0.3) is 22.6 Å². The standard InChI is InChI=1S/C18H20N4O2/c1-11(2)10-20-14-6-4-12(8-16(14)22-19)18-21-15-7-5-13(23-3)9-17(15)24-18/h4-9,11,19-20H,10H2,1-3H3. The summed E-state index contributed by atoms with van der Waals surface area (Å²) in [5.74, 6) is 1.73. The van der Waals surface area contributed by atoms with Crippen LogP contribution in [0.15, 0.2) is 45.9 Å². The van der Waals surface area contributed by atoms with Crippen LogP contribution in [0.1, 0.15) is 13.8 Å². The van der Waals surface area contributed by atoms with Gasteiger partial charge in [0.2, 0.25) is 5.89 Å². The smallest absolute Gasteiger partial charge is 0.227 e. The Hall–Kier alpha value is -2.89. The molecule has 0 amide bonds. The molecule has 0 aliphatic heterocycles. The normalized spacial score (nSPS) is 11.0. The molecular formula is C18H20N4O2. The number of benzene rings is 2. The number of ether oxygens (including phenoxy) is 1. The molecule has 1 heterocycles. The lowest BCUT2D eigenvalue weighted by Crippen LogP contribution is -2.07. The monoisotopic (exact) mass is 324 g/mol. The van der Waals surface area contributed by atoms with Gasteiger partial charge in [0.1, 0.15) is 17.0 Å². The third kappa shape index (κ3) is 3.22. The van der Waals surface area contributed by atoms with Gasteiger partial charge >= 0.3 is 0 Å². The van der Waals surface area contributed by atoms with Crippen molar-refractivity contribution in [2.45, 2.75) is 13.8 Å². The van der Waals surface area contributed by atoms with Crippen LogP contribution < -0.4 is 10.1 Å². The lowest BCUT2D eigenvalue weighted by Gasteiger charge is -2.11. The molecule has 0 aliphatic rings. The van der Waals surface area contributed by atoms with Crippen LogP contribution in [0.2, 0.25) is 0 Å². The number of anilines is 1. The van der Waals surface area contributed by atoms with Crippen molar-refractivity contribution in [1.29, 1.82) is 5.53 Å². The Morgan fingerprint density at radius 2 is 2.08 bits per heavy atom. The zero-order valence-electron chi connectivity index (χ0n) is 14.0. The highest BCUT2D eigenvalue weighted by atomic mass is 16.5. The van der Waals surface area contributed by atoms with Crippen molar-refractivity contribution in [3.8, 4) is 17.2 Å². The van der Waals surface area contributed by atoms with Gasteiger partial charge in [-0.15, -0.1) is 0 Å². The lowest BCUT2D eigenvalue weighted by atomic mass is 10.1. The van der Waals surface area contributed by atoms with Crippen LogP contribution in [-0.4, -0.2) is 18.6 Å². The average molecular weight is 324 g/mol. The number of nitrogens with one attached hydrogen (secondary N) is 2. The molecule has 3 aromatic rings. The minimum atomic E-state index is 0.499. The Balaban J connectivity index is 1.95. The van der Waals surface area contributed by atoms with Gasteiger partial charge < -0.3 is 14.5 Å². The third-order valence-corrected chi connectivity index (χ3v) is 3.66. The van der Waals surface area contributed by atoms with Gasteiger partial charge in [0.05, 0.1) is 12.8 Å². The van der Waals surface area contributed by atoms with E-state index in [4.69, 9.17) is 14.7 Å². The number of aromatic nitrogens is 1. The summed E-state index contributed by atoms with van der Waals surface area (Å²) in [5, 5.41) is 6.92. The predicted molar refractivity (Wildman–Crippen MR) is 94.1 cm³/mol. The number of rotatable bonds is 6. The minimum Gasteiger partial charge on any atom is -0.497 e. The molecule has 6 heteroatoms. The molecule has 3 rings (SSSR count). The number of methoxy groups -OCH3 is 1. The molecule has 2 N–H and O–H groups in total. The van der Waals surface area contributed by atoms with Crippen molar-refractivity contribution < 1.29 is 9.15 Å². The largest absolute Gasteiger partial charge is 0.497 e. The third-order valence-electron chi connectivity index (χ3n) is 3.66. The fraction of sp³-hybridized carbons (Fsp3) is 0.278. The van der Waals surface area contributed by atoms with Crippen molar-refractivity contribution in [2.75, 3.05) is 19.0 Å². The maximum atomic E-state index is 7.41. The van der Waals surface area contributed by atoms with Crippen molar-refractivity contribution in [3.05, 3.63) is 36.4 Å². The summed E-state index contributed by atoms with van der Waals surface area (Å²) in [5.41, 5.74) is 11.0. The molecule has 2 aromatic carbocycles. The van der Waals surface area contributed by atoms with E-state index < -0.39 is 0 Å². The fourth-order valence-corrected chi connectivity index (χ4v) is 2.38. The zero-order chi connectivity index (χ0) is 17.1. The number of oxazole rings is 1. The molecule has 0 fully saturated rings. The number of nitrogens with zero attached hydrogens (tertiary/aromatic N) is 2. The van der Waals surface area contributed by atoms with Crippen LogP contribution in [0.5, 0.6) is 5.75 Å². The van der Waals surface area contributed by atoms with E-state index in [0.29, 0.717) is 23.1 Å². The summed E-state index contributed by atoms with van der Waals surface area (Å²) in [6.45, 7) is 5.08. The molecule has 24 heavy (non-hydrogen) atoms. The van der Waals surface area contributed by atoms with E-state index in [1.165, 1.54) is 0 Å². The predicted octanol–water partition coefficient (Wildman–Crippen LogP) is 5.23. The second-order valence-electron chi connectivity index (χ2n) is 5.97. The van der Waals surface area contributed by atoms with E-state index in [0.717, 1.165) is 29.1 Å². The van der Waals surface area contributed by atoms with Crippen LogP contribution in [-0.2, 0) is 0 Å². The SMILES string of the molecule is COc1ccc2nc(-c3ccc(NCC(C)C)c(N=N)c3)oc2c1. The summed E-state index contributed by atoms with van der Waals surface area (Å²) < 4.78 is 11.0. The summed E-state index contributed by atoms with van der Waals surface area (Å²) in [6.07, 6.45) is 0. The van der Waals surface area contributed by atoms with E-state index in [1.807, 2.05) is 24.3 Å². The summed E-state index contributed by atoms with van der Waals surface area (Å²) in [7, 11) is 1.61. The van der Waals surface area contributed by atoms with E-state index in [1.54, 1.807) is 19.2 Å². The van der Waals surface area contributed by atoms with Gasteiger partial charge in [0.25, 0.3) is 0 Å². The van der Waals surface area contributed by atoms with E-state index in [2.05, 4.69) is 29.3 Å². The molecule has 0 bridgehead atoms. The van der Waals surface area contributed by atoms with Gasteiger partial charge in [-0.05, 0) is 36.2 Å². The van der Waals surface area contributed by atoms with E-state index in [9.17, 15) is 0 Å². The summed E-state index contributed by atoms with van der Waals surface area (Å²) in [6, 6.07) is 11.1. The zero-order valence-corrected chi connectivity index (χ0v) is 14.0. The summed E-state index contributed by atoms with van der Waals surface area (Å²) >= 11 is 0. The Kier molecular flexibility index (Phi) is 4.46. The van der Waals surface area contributed by atoms with Crippen molar-refractivity contribution in [2.24, 2.45) is 11.0 Å². The first-order valence-electron chi connectivity index (χ1n) is 7.81. The maximum Gasteiger partial charge on any atom is 0.227 e. The molecular weight excluding hydrogens is 304 g/mol. The highest BCUT2D eigenvalue weighted by Crippen LogP contribution is 2.33. The van der Waals surface area contributed by atoms with E-state index >= 15 is 0 Å². The first kappa shape index (κ1) is 16.0. The van der Waals surface area contributed by atoms with E-state index in [-0.39, 0.29) is 0 Å². The van der Waals surface area contributed by atoms with Gasteiger partial charge in [0, 0.05) is 18.2 Å². The van der Waals surface area contributed by atoms with Crippen molar-refractivity contribution in [1.82, 2.24) is 4.98 Å². The Morgan fingerprint density at radius 1 is 1.25 bits per heavy atom. The molecule has 0 saturated heterocycles. The lowest BCUT2D eigenvalue weighted by molar-refractivity contribution is 0.414. The van der Waals surface area contributed by atoms with Crippen LogP contribution >= 0.6 is 0 Å². The highest BCUT2D eigenvalue weighted by molar-refractivity contribution is 5.79. The second-order valence-corrected chi connectivity index (χ2v) is 5.97. The second kappa shape index (κ2) is 6.70. The quantitative estimate of drug-likeness (QED) is 0.608. The average Bonchev–Trinajstić information content (AvgIpc) is 3.02. The molecule has 0 radical (unpaired) electrons.